The smallest absolute Gasteiger partial charge is 0.548 e. The zero-order chi connectivity index (χ0) is 50.7. The van der Waals surface area contributed by atoms with Crippen LogP contribution in [-0.2, 0) is 47.7 Å². The molecule has 16 heteroatoms. The number of allylic oxidation sites excluding steroid dienone is 8. The molecule has 14 atom stereocenters. The number of rotatable bonds is 27. The molecule has 0 aromatic heterocycles. The Hall–Kier alpha value is -2.67. The van der Waals surface area contributed by atoms with Crippen LogP contribution in [0.4, 0.5) is 0 Å². The zero-order valence-corrected chi connectivity index (χ0v) is 45.3. The van der Waals surface area contributed by atoms with Gasteiger partial charge < -0.3 is 53.8 Å². The number of ether oxygens (including phenoxy) is 5. The van der Waals surface area contributed by atoms with Gasteiger partial charge >= 0.3 is 29.6 Å². The Kier molecular flexibility index (Phi) is 28.1. The van der Waals surface area contributed by atoms with Gasteiger partial charge in [-0.3, -0.25) is 19.2 Å². The number of aliphatic hydroxyl groups excluding tert-OH is 2. The van der Waals surface area contributed by atoms with Crippen molar-refractivity contribution in [1.82, 2.24) is 4.90 Å². The van der Waals surface area contributed by atoms with Gasteiger partial charge in [-0.25, -0.2) is 0 Å². The summed E-state index contributed by atoms with van der Waals surface area (Å²) in [4.78, 5) is 66.0. The summed E-state index contributed by atoms with van der Waals surface area (Å²) in [6, 6.07) is -1.23. The van der Waals surface area contributed by atoms with Gasteiger partial charge in [0.25, 0.3) is 11.7 Å². The normalized spacial score (nSPS) is 28.2. The number of piperidine rings is 1. The van der Waals surface area contributed by atoms with Gasteiger partial charge in [-0.1, -0.05) is 77.2 Å². The summed E-state index contributed by atoms with van der Waals surface area (Å²) in [6.45, 7) is 13.3. The van der Waals surface area contributed by atoms with E-state index in [4.69, 9.17) is 28.8 Å². The van der Waals surface area contributed by atoms with E-state index in [0.29, 0.717) is 56.6 Å². The minimum Gasteiger partial charge on any atom is -0.548 e. The predicted molar refractivity (Wildman–Crippen MR) is 256 cm³/mol. The third kappa shape index (κ3) is 18.7. The molecule has 3 fully saturated rings. The van der Waals surface area contributed by atoms with E-state index >= 15 is 0 Å². The van der Waals surface area contributed by atoms with Gasteiger partial charge in [0, 0.05) is 52.0 Å². The Morgan fingerprint density at radius 2 is 1.58 bits per heavy atom. The fourth-order valence-electron chi connectivity index (χ4n) is 9.85. The maximum atomic E-state index is 13.6. The van der Waals surface area contributed by atoms with Gasteiger partial charge in [0.15, 0.2) is 11.6 Å². The van der Waals surface area contributed by atoms with E-state index in [2.05, 4.69) is 6.92 Å². The molecule has 1 aliphatic carbocycles. The fraction of sp³-hybridized carbons (Fsp3) is 0.717. The molecule has 0 radical (unpaired) electrons. The Morgan fingerprint density at radius 1 is 0.870 bits per heavy atom. The summed E-state index contributed by atoms with van der Waals surface area (Å²) in [5.74, 6) is -7.43. The number of likely N-dealkylation sites (tertiary alicyclic amines) is 1. The monoisotopic (exact) mass is 980 g/mol. The van der Waals surface area contributed by atoms with Crippen LogP contribution in [0.1, 0.15) is 119 Å². The molecule has 0 unspecified atom stereocenters. The van der Waals surface area contributed by atoms with Gasteiger partial charge in [0.1, 0.15) is 12.2 Å². The summed E-state index contributed by atoms with van der Waals surface area (Å²) in [7, 11) is 4.63. The third-order valence-electron chi connectivity index (χ3n) is 14.1. The summed E-state index contributed by atoms with van der Waals surface area (Å²) >= 11 is 0. The number of hydrogen-bond donors (Lipinski definition) is 3. The summed E-state index contributed by atoms with van der Waals surface area (Å²) < 4.78 is 28.7. The van der Waals surface area contributed by atoms with Crippen LogP contribution in [0.2, 0.25) is 0 Å². The van der Waals surface area contributed by atoms with Crippen LogP contribution in [-0.4, -0.2) is 139 Å². The molecule has 3 N–H and O–H groups in total. The van der Waals surface area contributed by atoms with Gasteiger partial charge in [0.05, 0.1) is 49.6 Å². The number of carbonyl (C=O) groups excluding carboxylic acids is 5. The number of carboxylic acids is 1. The Balaban J connectivity index is 0.0000163. The number of carboxylic acid groups (broad SMARTS) is 1. The van der Waals surface area contributed by atoms with Crippen LogP contribution in [0.3, 0.4) is 0 Å². The van der Waals surface area contributed by atoms with E-state index in [-0.39, 0.29) is 84.7 Å². The van der Waals surface area contributed by atoms with E-state index < -0.39 is 71.7 Å². The van der Waals surface area contributed by atoms with E-state index in [1.807, 2.05) is 57.2 Å². The van der Waals surface area contributed by atoms with Gasteiger partial charge in [0.2, 0.25) is 5.79 Å². The number of amides is 1. The van der Waals surface area contributed by atoms with Crippen LogP contribution >= 0.6 is 0 Å². The maximum Gasteiger partial charge on any atom is 1.00 e. The Morgan fingerprint density at radius 3 is 2.22 bits per heavy atom. The number of aliphatic hydroxyl groups is 3. The van der Waals surface area contributed by atoms with Crippen molar-refractivity contribution in [1.29, 1.82) is 0 Å². The molecule has 1 amide bonds. The fourth-order valence-corrected chi connectivity index (χ4v) is 9.85. The number of hydrogen-bond acceptors (Lipinski definition) is 14. The minimum absolute atomic E-state index is 0. The third-order valence-corrected chi connectivity index (χ3v) is 14.1. The molecule has 0 spiro atoms. The molecule has 15 nitrogen and oxygen atoms in total. The predicted octanol–water partition coefficient (Wildman–Crippen LogP) is 2.19. The average molecular weight is 980 g/mol. The van der Waals surface area contributed by atoms with Gasteiger partial charge in [-0.15, -0.1) is 0 Å². The molecule has 0 aromatic carbocycles. The molecule has 0 aromatic rings. The minimum atomic E-state index is -2.40. The molecule has 69 heavy (non-hydrogen) atoms. The summed E-state index contributed by atoms with van der Waals surface area (Å²) in [5, 5.41) is 43.5. The van der Waals surface area contributed by atoms with Crippen molar-refractivity contribution in [2.24, 2.45) is 35.5 Å². The second kappa shape index (κ2) is 31.0. The van der Waals surface area contributed by atoms with Crippen molar-refractivity contribution >= 4 is 29.2 Å². The van der Waals surface area contributed by atoms with Crippen molar-refractivity contribution in [3.05, 3.63) is 59.8 Å². The van der Waals surface area contributed by atoms with Crippen LogP contribution in [0, 0.1) is 35.5 Å². The van der Waals surface area contributed by atoms with Crippen molar-refractivity contribution in [2.45, 2.75) is 168 Å². The van der Waals surface area contributed by atoms with Crippen LogP contribution in [0.25, 0.3) is 0 Å². The Bertz CT molecular complexity index is 1810. The molecule has 0 bridgehead atoms. The van der Waals surface area contributed by atoms with Crippen LogP contribution in [0.15, 0.2) is 59.8 Å². The number of ketones is 3. The van der Waals surface area contributed by atoms with E-state index in [9.17, 15) is 39.3 Å². The van der Waals surface area contributed by atoms with E-state index in [1.165, 1.54) is 7.11 Å². The molecule has 3 rings (SSSR count). The van der Waals surface area contributed by atoms with E-state index in [1.54, 1.807) is 47.1 Å². The molecule has 2 heterocycles. The number of Topliss-reactive ketones (excluding diaryl/α,β-unsaturated/α-hetero) is 2. The average Bonchev–Trinajstić information content (AvgIpc) is 3.32. The largest absolute Gasteiger partial charge is 1.00 e. The van der Waals surface area contributed by atoms with Gasteiger partial charge in [-0.2, -0.15) is 0 Å². The number of methoxy groups -OCH3 is 3. The second-order valence-electron chi connectivity index (χ2n) is 19.6. The molecule has 2 aliphatic heterocycles. The standard InChI is InChI=1S/C53H83NO14.Na/c1-33(16-12-11-13-17-35(3)45(64-8)32-41-22-20-39(7)53(63,68-41)50(59)51(60)54-25-15-14-18-42(54)52(61)62)28-37(5)47(57)49(66-10)48(58)38(6)30-36(4)43(56)23-19-34(2)29-40-21-24-44(67-27-26-55)46(31-40)65-9;/h11-13,16-17,19,23,30,33-34,36-37,39-42,44-46,48-49,55,58,63H,14-15,18,20-22,24-29,31-32H2,1-10H3,(H,61,62);/q;+1/p-1/b13-11+,16-12+,23-19+,35-17+,38-30+;/t33-,34+,36-,37-,39-,40+,41+,42+,44-,45-,46+,48-,49+,53-;/m1./s1. The van der Waals surface area contributed by atoms with Gasteiger partial charge in [-0.05, 0) is 113 Å². The first-order valence-corrected chi connectivity index (χ1v) is 24.6. The quantitative estimate of drug-likeness (QED) is 0.0354. The number of aliphatic carboxylic acids is 1. The topological polar surface area (TPSA) is 218 Å². The SMILES string of the molecule is CO[C@H]1C[C@H](C[C@@H](C)/C=C/C(=O)[C@H](C)/C=C(\C)[C@@H](O)[C@@H](OC)C(=O)[C@H](C)C[C@H](C)/C=C/C=C/C=C(\C)[C@@H](C[C@@H]2CC[C@@H](C)[C@](O)(C(=O)C(=O)N3CCCC[C@H]3C(=O)[O-])O2)OC)CC[C@H]1OCCO.[Na+]. The Labute approximate surface area is 433 Å². The molecule has 384 valence electrons. The summed E-state index contributed by atoms with van der Waals surface area (Å²) in [6.07, 6.45) is 18.0. The van der Waals surface area contributed by atoms with Crippen molar-refractivity contribution < 1.29 is 97.6 Å². The maximum absolute atomic E-state index is 13.6. The number of carbonyl (C=O) groups is 5. The molecule has 2 saturated heterocycles. The van der Waals surface area contributed by atoms with Crippen LogP contribution < -0.4 is 34.7 Å². The second-order valence-corrected chi connectivity index (χ2v) is 19.6. The molecular weight excluding hydrogens is 898 g/mol. The molecule has 1 saturated carbocycles. The first-order chi connectivity index (χ1) is 32.2. The van der Waals surface area contributed by atoms with Crippen LogP contribution in [0.5, 0.6) is 0 Å². The van der Waals surface area contributed by atoms with E-state index in [0.717, 1.165) is 36.2 Å². The number of nitrogens with zero attached hydrogens (tertiary/aromatic N) is 1. The van der Waals surface area contributed by atoms with Crippen molar-refractivity contribution in [3.8, 4) is 0 Å². The zero-order valence-electron chi connectivity index (χ0n) is 43.3. The van der Waals surface area contributed by atoms with Crippen molar-refractivity contribution in [3.63, 3.8) is 0 Å². The first-order valence-electron chi connectivity index (χ1n) is 24.6. The first kappa shape index (κ1) is 62.4. The molecule has 3 aliphatic rings. The van der Waals surface area contributed by atoms with Crippen molar-refractivity contribution in [2.75, 3.05) is 41.1 Å². The summed E-state index contributed by atoms with van der Waals surface area (Å²) in [5.41, 5.74) is 1.34. The molecular formula is C53H82NNaO14.